The topological polar surface area (TPSA) is 81.7 Å². The van der Waals surface area contributed by atoms with Crippen LogP contribution in [0.5, 0.6) is 0 Å². The van der Waals surface area contributed by atoms with Crippen LogP contribution < -0.4 is 0 Å². The fourth-order valence-corrected chi connectivity index (χ4v) is 3.05. The monoisotopic (exact) mass is 433 g/mol. The highest BCUT2D eigenvalue weighted by Gasteiger charge is 2.31. The van der Waals surface area contributed by atoms with Crippen LogP contribution in [-0.4, -0.2) is 47.8 Å². The van der Waals surface area contributed by atoms with Crippen LogP contribution in [0.2, 0.25) is 0 Å². The van der Waals surface area contributed by atoms with E-state index in [1.54, 1.807) is 25.7 Å². The Morgan fingerprint density at radius 1 is 1.19 bits per heavy atom. The molecule has 0 N–H and O–H groups in total. The normalized spacial score (nSPS) is 12.0. The second-order valence-corrected chi connectivity index (χ2v) is 7.21. The molecular formula is C20H22F3N7O. The zero-order valence-corrected chi connectivity index (χ0v) is 17.6. The summed E-state index contributed by atoms with van der Waals surface area (Å²) in [4.78, 5) is 15.2. The van der Waals surface area contributed by atoms with Gasteiger partial charge in [0.05, 0.1) is 30.0 Å². The summed E-state index contributed by atoms with van der Waals surface area (Å²) in [5.74, 6) is 0.116. The first kappa shape index (κ1) is 22.2. The maximum absolute atomic E-state index is 13.2. The maximum Gasteiger partial charge on any atom is 0.416 e. The highest BCUT2D eigenvalue weighted by Crippen LogP contribution is 2.31. The molecule has 0 saturated heterocycles. The van der Waals surface area contributed by atoms with Crippen molar-refractivity contribution >= 4 is 12.0 Å². The average molecular weight is 433 g/mol. The Bertz CT molecular complexity index is 1110. The van der Waals surface area contributed by atoms with Crippen LogP contribution in [0.4, 0.5) is 13.2 Å². The Balaban J connectivity index is 1.82. The number of halogens is 3. The van der Waals surface area contributed by atoms with Crippen LogP contribution in [0.15, 0.2) is 30.3 Å². The van der Waals surface area contributed by atoms with Crippen LogP contribution in [0.25, 0.3) is 6.08 Å². The van der Waals surface area contributed by atoms with Crippen LogP contribution in [-0.2, 0) is 31.1 Å². The Morgan fingerprint density at radius 3 is 2.52 bits per heavy atom. The quantitative estimate of drug-likeness (QED) is 0.559. The van der Waals surface area contributed by atoms with E-state index in [-0.39, 0.29) is 12.5 Å². The molecule has 11 heteroatoms. The SMILES string of the molecule is Cc1cc(CN(C)C(=O)C=Cc2ccc(C(F)(F)F)cc2Cn2nnc(C)n2)n(C)n1. The molecule has 164 valence electrons. The molecule has 0 aliphatic heterocycles. The summed E-state index contributed by atoms with van der Waals surface area (Å²) in [6.45, 7) is 3.84. The summed E-state index contributed by atoms with van der Waals surface area (Å²) < 4.78 is 41.2. The van der Waals surface area contributed by atoms with Crippen LogP contribution in [0.3, 0.4) is 0 Å². The van der Waals surface area contributed by atoms with Crippen molar-refractivity contribution in [1.82, 2.24) is 34.9 Å². The number of carbonyl (C=O) groups is 1. The van der Waals surface area contributed by atoms with Gasteiger partial charge in [-0.05, 0) is 54.5 Å². The molecule has 3 aromatic rings. The van der Waals surface area contributed by atoms with E-state index < -0.39 is 11.7 Å². The number of aromatic nitrogens is 6. The van der Waals surface area contributed by atoms with Gasteiger partial charge in [-0.25, -0.2) is 0 Å². The number of amides is 1. The van der Waals surface area contributed by atoms with E-state index in [0.717, 1.165) is 23.5 Å². The molecular weight excluding hydrogens is 411 g/mol. The van der Waals surface area contributed by atoms with Crippen molar-refractivity contribution < 1.29 is 18.0 Å². The van der Waals surface area contributed by atoms with Gasteiger partial charge >= 0.3 is 6.18 Å². The molecule has 0 aliphatic rings. The number of hydrogen-bond donors (Lipinski definition) is 0. The molecule has 0 saturated carbocycles. The van der Waals surface area contributed by atoms with Crippen LogP contribution in [0.1, 0.15) is 33.9 Å². The van der Waals surface area contributed by atoms with Gasteiger partial charge in [-0.1, -0.05) is 6.07 Å². The predicted molar refractivity (Wildman–Crippen MR) is 107 cm³/mol. The van der Waals surface area contributed by atoms with Gasteiger partial charge in [-0.2, -0.15) is 23.1 Å². The van der Waals surface area contributed by atoms with E-state index >= 15 is 0 Å². The standard InChI is InChI=1S/C20H22F3N7O/c1-13-9-18(29(4)25-13)12-28(3)19(31)8-6-15-5-7-17(20(21,22)23)10-16(15)11-30-26-14(2)24-27-30/h5-10H,11-12H2,1-4H3. The molecule has 31 heavy (non-hydrogen) atoms. The summed E-state index contributed by atoms with van der Waals surface area (Å²) in [7, 11) is 3.44. The third-order valence-electron chi connectivity index (χ3n) is 4.61. The summed E-state index contributed by atoms with van der Waals surface area (Å²) in [5.41, 5.74) is 1.71. The Hall–Kier alpha value is -3.50. The minimum absolute atomic E-state index is 0.0112. The lowest BCUT2D eigenvalue weighted by atomic mass is 10.0. The minimum Gasteiger partial charge on any atom is -0.336 e. The molecule has 0 unspecified atom stereocenters. The van der Waals surface area contributed by atoms with Gasteiger partial charge in [0.1, 0.15) is 0 Å². The Morgan fingerprint density at radius 2 is 1.94 bits per heavy atom. The second kappa shape index (κ2) is 8.70. The number of nitrogens with zero attached hydrogens (tertiary/aromatic N) is 7. The summed E-state index contributed by atoms with van der Waals surface area (Å²) >= 11 is 0. The van der Waals surface area contributed by atoms with Crippen molar-refractivity contribution in [3.8, 4) is 0 Å². The molecule has 8 nitrogen and oxygen atoms in total. The molecule has 0 radical (unpaired) electrons. The van der Waals surface area contributed by atoms with Crippen molar-refractivity contribution in [2.45, 2.75) is 33.1 Å². The minimum atomic E-state index is -4.49. The average Bonchev–Trinajstić information content (AvgIpc) is 3.23. The van der Waals surface area contributed by atoms with E-state index in [9.17, 15) is 18.0 Å². The largest absolute Gasteiger partial charge is 0.416 e. The molecule has 2 aromatic heterocycles. The zero-order valence-electron chi connectivity index (χ0n) is 17.6. The Labute approximate surface area is 177 Å². The first-order valence-corrected chi connectivity index (χ1v) is 9.40. The number of benzene rings is 1. The van der Waals surface area contributed by atoms with Crippen LogP contribution in [0, 0.1) is 13.8 Å². The van der Waals surface area contributed by atoms with Gasteiger partial charge in [0, 0.05) is 20.2 Å². The number of carbonyl (C=O) groups excluding carboxylic acids is 1. The van der Waals surface area contributed by atoms with Gasteiger partial charge in [-0.3, -0.25) is 9.48 Å². The molecule has 0 fully saturated rings. The van der Waals surface area contributed by atoms with Gasteiger partial charge in [-0.15, -0.1) is 10.2 Å². The molecule has 2 heterocycles. The fraction of sp³-hybridized carbons (Fsp3) is 0.350. The number of likely N-dealkylation sites (N-methyl/N-ethyl adjacent to an activating group) is 1. The van der Waals surface area contributed by atoms with E-state index in [1.807, 2.05) is 13.0 Å². The van der Waals surface area contributed by atoms with Crippen LogP contribution >= 0.6 is 0 Å². The van der Waals surface area contributed by atoms with E-state index in [1.165, 1.54) is 27.9 Å². The molecule has 3 rings (SSSR count). The molecule has 0 spiro atoms. The van der Waals surface area contributed by atoms with E-state index in [4.69, 9.17) is 0 Å². The molecule has 0 aliphatic carbocycles. The lowest BCUT2D eigenvalue weighted by Gasteiger charge is -2.15. The van der Waals surface area contributed by atoms with Crippen molar-refractivity contribution in [3.05, 3.63) is 64.2 Å². The van der Waals surface area contributed by atoms with Gasteiger partial charge < -0.3 is 4.90 Å². The maximum atomic E-state index is 13.2. The highest BCUT2D eigenvalue weighted by atomic mass is 19.4. The van der Waals surface area contributed by atoms with Crippen molar-refractivity contribution in [3.63, 3.8) is 0 Å². The first-order chi connectivity index (χ1) is 14.5. The smallest absolute Gasteiger partial charge is 0.336 e. The first-order valence-electron chi connectivity index (χ1n) is 9.40. The predicted octanol–water partition coefficient (Wildman–Crippen LogP) is 2.76. The molecule has 1 amide bonds. The highest BCUT2D eigenvalue weighted by molar-refractivity contribution is 5.91. The molecule has 1 aromatic carbocycles. The number of rotatable bonds is 6. The van der Waals surface area contributed by atoms with Crippen molar-refractivity contribution in [2.75, 3.05) is 7.05 Å². The summed E-state index contributed by atoms with van der Waals surface area (Å²) in [6, 6.07) is 5.23. The number of hydrogen-bond acceptors (Lipinski definition) is 5. The van der Waals surface area contributed by atoms with Gasteiger partial charge in [0.2, 0.25) is 5.91 Å². The summed E-state index contributed by atoms with van der Waals surface area (Å²) in [5, 5.41) is 15.8. The third-order valence-corrected chi connectivity index (χ3v) is 4.61. The third kappa shape index (κ3) is 5.56. The number of alkyl halides is 3. The Kier molecular flexibility index (Phi) is 6.23. The van der Waals surface area contributed by atoms with Gasteiger partial charge in [0.15, 0.2) is 5.82 Å². The second-order valence-electron chi connectivity index (χ2n) is 7.21. The number of aryl methyl sites for hydroxylation is 3. The van der Waals surface area contributed by atoms with E-state index in [2.05, 4.69) is 20.5 Å². The fourth-order valence-electron chi connectivity index (χ4n) is 3.05. The number of tetrazole rings is 1. The van der Waals surface area contributed by atoms with Gasteiger partial charge in [0.25, 0.3) is 0 Å². The summed E-state index contributed by atoms with van der Waals surface area (Å²) in [6.07, 6.45) is -1.66. The molecule has 0 bridgehead atoms. The molecule has 0 atom stereocenters. The zero-order chi connectivity index (χ0) is 22.8. The van der Waals surface area contributed by atoms with Crippen molar-refractivity contribution in [2.24, 2.45) is 7.05 Å². The lowest BCUT2D eigenvalue weighted by Crippen LogP contribution is -2.25. The van der Waals surface area contributed by atoms with E-state index in [0.29, 0.717) is 23.5 Å². The van der Waals surface area contributed by atoms with Crippen molar-refractivity contribution in [1.29, 1.82) is 0 Å². The lowest BCUT2D eigenvalue weighted by molar-refractivity contribution is -0.137.